The number of amides is 1. The van der Waals surface area contributed by atoms with E-state index in [1.165, 1.54) is 46.3 Å². The molecule has 2 aliphatic heterocycles. The highest BCUT2D eigenvalue weighted by Gasteiger charge is 2.51. The zero-order chi connectivity index (χ0) is 15.0. The van der Waals surface area contributed by atoms with Crippen LogP contribution in [0.25, 0.3) is 0 Å². The van der Waals surface area contributed by atoms with Crippen molar-refractivity contribution in [1.82, 2.24) is 14.3 Å². The second-order valence-electron chi connectivity index (χ2n) is 4.50. The quantitative estimate of drug-likeness (QED) is 0.590. The predicted molar refractivity (Wildman–Crippen MR) is 81.0 cm³/mol. The molecule has 0 radical (unpaired) electrons. The van der Waals surface area contributed by atoms with Gasteiger partial charge in [-0.05, 0) is 23.5 Å². The fraction of sp³-hybridized carbons (Fsp3) is 0.455. The van der Waals surface area contributed by atoms with E-state index in [2.05, 4.69) is 9.36 Å². The summed E-state index contributed by atoms with van der Waals surface area (Å²) in [7, 11) is 0. The minimum Gasteiger partial charge on any atom is -0.477 e. The van der Waals surface area contributed by atoms with Crippen LogP contribution in [0.3, 0.4) is 0 Å². The molecule has 1 aromatic rings. The van der Waals surface area contributed by atoms with Crippen LogP contribution >= 0.6 is 35.1 Å². The van der Waals surface area contributed by atoms with Gasteiger partial charge in [-0.1, -0.05) is 11.8 Å². The van der Waals surface area contributed by atoms with Crippen molar-refractivity contribution < 1.29 is 14.7 Å². The fourth-order valence-corrected chi connectivity index (χ4v) is 5.11. The Labute approximate surface area is 133 Å². The number of hydrogen-bond acceptors (Lipinski definition) is 8. The van der Waals surface area contributed by atoms with Crippen LogP contribution in [0.4, 0.5) is 0 Å². The summed E-state index contributed by atoms with van der Waals surface area (Å²) >= 11 is 4.38. The smallest absolute Gasteiger partial charge is 0.352 e. The maximum Gasteiger partial charge on any atom is 0.352 e. The molecule has 0 unspecified atom stereocenters. The fourth-order valence-electron chi connectivity index (χ4n) is 2.26. The average Bonchev–Trinajstić information content (AvgIpc) is 2.98. The van der Waals surface area contributed by atoms with Gasteiger partial charge < -0.3 is 10.8 Å². The Morgan fingerprint density at radius 1 is 1.62 bits per heavy atom. The van der Waals surface area contributed by atoms with E-state index in [1.54, 1.807) is 0 Å². The molecule has 0 saturated carbocycles. The van der Waals surface area contributed by atoms with Crippen LogP contribution in [-0.4, -0.2) is 54.2 Å². The van der Waals surface area contributed by atoms with Gasteiger partial charge in [-0.2, -0.15) is 4.37 Å². The number of β-lactam (4-membered cyclic amide) rings is 1. The lowest BCUT2D eigenvalue weighted by molar-refractivity contribution is -0.148. The number of aromatic nitrogens is 2. The first kappa shape index (κ1) is 14.8. The molecule has 3 heterocycles. The lowest BCUT2D eigenvalue weighted by Gasteiger charge is -2.48. The Balaban J connectivity index is 1.72. The molecule has 0 bridgehead atoms. The molecule has 1 aromatic heterocycles. The first-order valence-electron chi connectivity index (χ1n) is 6.14. The van der Waals surface area contributed by atoms with Crippen molar-refractivity contribution in [1.29, 1.82) is 0 Å². The molecule has 0 aliphatic carbocycles. The summed E-state index contributed by atoms with van der Waals surface area (Å²) in [5.41, 5.74) is 6.60. The number of carboxylic acid groups (broad SMARTS) is 1. The molecule has 3 rings (SSSR count). The van der Waals surface area contributed by atoms with Crippen LogP contribution in [-0.2, 0) is 9.59 Å². The Morgan fingerprint density at radius 3 is 3.10 bits per heavy atom. The minimum atomic E-state index is -1.06. The minimum absolute atomic E-state index is 0.114. The van der Waals surface area contributed by atoms with Gasteiger partial charge in [0.05, 0.1) is 0 Å². The third kappa shape index (κ3) is 2.68. The topological polar surface area (TPSA) is 109 Å². The zero-order valence-electron chi connectivity index (χ0n) is 10.8. The van der Waals surface area contributed by atoms with E-state index in [9.17, 15) is 14.7 Å². The number of hydrogen-bond donors (Lipinski definition) is 2. The monoisotopic (exact) mass is 344 g/mol. The van der Waals surface area contributed by atoms with Gasteiger partial charge in [-0.15, -0.1) is 11.8 Å². The second kappa shape index (κ2) is 5.95. The van der Waals surface area contributed by atoms with E-state index in [1.807, 2.05) is 0 Å². The van der Waals surface area contributed by atoms with Crippen LogP contribution in [0.15, 0.2) is 21.9 Å². The van der Waals surface area contributed by atoms with E-state index in [4.69, 9.17) is 5.73 Å². The highest BCUT2D eigenvalue weighted by molar-refractivity contribution is 8.01. The highest BCUT2D eigenvalue weighted by Crippen LogP contribution is 2.40. The third-order valence-electron chi connectivity index (χ3n) is 3.26. The largest absolute Gasteiger partial charge is 0.477 e. The molecule has 1 fully saturated rings. The number of thioether (sulfide) groups is 2. The molecule has 0 aromatic carbocycles. The summed E-state index contributed by atoms with van der Waals surface area (Å²) in [5, 5.41) is 9.16. The zero-order valence-corrected chi connectivity index (χ0v) is 13.2. The summed E-state index contributed by atoms with van der Waals surface area (Å²) in [5.74, 6) is -0.0588. The summed E-state index contributed by atoms with van der Waals surface area (Å²) in [4.78, 5) is 28.6. The molecule has 7 nitrogen and oxygen atoms in total. The van der Waals surface area contributed by atoms with Crippen LogP contribution in [0, 0.1) is 0 Å². The number of carboxylic acids is 1. The molecule has 10 heteroatoms. The molecule has 0 spiro atoms. The lowest BCUT2D eigenvalue weighted by Crippen LogP contribution is -2.68. The van der Waals surface area contributed by atoms with E-state index < -0.39 is 12.0 Å². The van der Waals surface area contributed by atoms with Crippen molar-refractivity contribution in [3.63, 3.8) is 0 Å². The van der Waals surface area contributed by atoms with Crippen molar-refractivity contribution in [2.75, 3.05) is 11.5 Å². The molecule has 1 saturated heterocycles. The molecular formula is C11H12N4O3S3. The van der Waals surface area contributed by atoms with Crippen molar-refractivity contribution in [3.05, 3.63) is 17.6 Å². The molecule has 112 valence electrons. The molecule has 21 heavy (non-hydrogen) atoms. The summed E-state index contributed by atoms with van der Waals surface area (Å²) in [6, 6.07) is -0.582. The average molecular weight is 344 g/mol. The van der Waals surface area contributed by atoms with Gasteiger partial charge in [0, 0.05) is 11.5 Å². The Bertz CT molecular complexity index is 604. The van der Waals surface area contributed by atoms with Gasteiger partial charge in [-0.25, -0.2) is 9.78 Å². The Morgan fingerprint density at radius 2 is 2.43 bits per heavy atom. The van der Waals surface area contributed by atoms with Gasteiger partial charge in [0.15, 0.2) is 4.34 Å². The Kier molecular flexibility index (Phi) is 4.20. The maximum atomic E-state index is 11.8. The molecule has 2 aliphatic rings. The molecule has 2 atom stereocenters. The number of carbonyl (C=O) groups is 2. The summed E-state index contributed by atoms with van der Waals surface area (Å²) < 4.78 is 4.77. The van der Waals surface area contributed by atoms with E-state index in [0.717, 1.165) is 9.91 Å². The van der Waals surface area contributed by atoms with Crippen LogP contribution < -0.4 is 5.73 Å². The summed E-state index contributed by atoms with van der Waals surface area (Å²) in [6.45, 7) is 0. The van der Waals surface area contributed by atoms with Gasteiger partial charge in [0.25, 0.3) is 0 Å². The Hall–Kier alpha value is -1.10. The number of nitrogens with zero attached hydrogens (tertiary/aromatic N) is 3. The van der Waals surface area contributed by atoms with E-state index >= 15 is 0 Å². The van der Waals surface area contributed by atoms with Crippen LogP contribution in [0.2, 0.25) is 0 Å². The summed E-state index contributed by atoms with van der Waals surface area (Å²) in [6.07, 6.45) is 2.10. The van der Waals surface area contributed by atoms with Gasteiger partial charge in [0.2, 0.25) is 5.91 Å². The molecule has 1 amide bonds. The normalized spacial score (nSPS) is 24.8. The van der Waals surface area contributed by atoms with Crippen LogP contribution in [0.5, 0.6) is 0 Å². The van der Waals surface area contributed by atoms with Gasteiger partial charge >= 0.3 is 5.97 Å². The first-order valence-corrected chi connectivity index (χ1v) is 8.95. The second-order valence-corrected chi connectivity index (χ2v) is 7.73. The van der Waals surface area contributed by atoms with Crippen LogP contribution in [0.1, 0.15) is 6.42 Å². The van der Waals surface area contributed by atoms with Gasteiger partial charge in [0.1, 0.15) is 23.4 Å². The predicted octanol–water partition coefficient (Wildman–Crippen LogP) is 0.601. The third-order valence-corrected chi connectivity index (χ3v) is 6.42. The number of carbonyl (C=O) groups excluding carboxylic acids is 1. The van der Waals surface area contributed by atoms with Gasteiger partial charge in [-0.3, -0.25) is 9.69 Å². The first-order chi connectivity index (χ1) is 10.1. The van der Waals surface area contributed by atoms with Crippen molar-refractivity contribution in [2.24, 2.45) is 5.73 Å². The molecular weight excluding hydrogens is 332 g/mol. The number of aliphatic carboxylic acids is 1. The maximum absolute atomic E-state index is 11.8. The molecule has 3 N–H and O–H groups in total. The number of fused-ring (bicyclic) bond motifs is 1. The standard InChI is InChI=1S/C11H12N4O3S3/c12-6-8(16)15-7(10(17)18)5(3-20-9(6)15)1-2-19-11-13-4-14-21-11/h4,6,9H,1-3,12H2,(H,17,18)/t6-,9-/m1/s1. The van der Waals surface area contributed by atoms with Crippen molar-refractivity contribution in [3.8, 4) is 0 Å². The van der Waals surface area contributed by atoms with E-state index in [-0.39, 0.29) is 17.0 Å². The van der Waals surface area contributed by atoms with Crippen molar-refractivity contribution in [2.45, 2.75) is 22.2 Å². The SMILES string of the molecule is N[C@@H]1C(=O)N2C(C(=O)O)=C(CCSc3ncns3)CS[C@H]12. The lowest BCUT2D eigenvalue weighted by atomic mass is 10.0. The number of rotatable bonds is 5. The van der Waals surface area contributed by atoms with E-state index in [0.29, 0.717) is 17.9 Å². The number of nitrogens with two attached hydrogens (primary N) is 1. The van der Waals surface area contributed by atoms with Crippen molar-refractivity contribution >= 4 is 46.9 Å². The highest BCUT2D eigenvalue weighted by atomic mass is 32.2.